The summed E-state index contributed by atoms with van der Waals surface area (Å²) < 4.78 is 11.3. The summed E-state index contributed by atoms with van der Waals surface area (Å²) in [6.07, 6.45) is 6.25. The van der Waals surface area contributed by atoms with Gasteiger partial charge in [0.15, 0.2) is 0 Å². The molecule has 2 saturated heterocycles. The van der Waals surface area contributed by atoms with Crippen molar-refractivity contribution in [1.82, 2.24) is 0 Å². The number of esters is 1. The maximum Gasteiger partial charge on any atom is 0.334 e. The molecule has 0 bridgehead atoms. The Morgan fingerprint density at radius 1 is 1.50 bits per heavy atom. The molecule has 0 radical (unpaired) electrons. The minimum absolute atomic E-state index is 0.0671. The fraction of sp³-hybridized carbons (Fsp3) is 0.667. The van der Waals surface area contributed by atoms with E-state index in [0.717, 1.165) is 25.7 Å². The summed E-state index contributed by atoms with van der Waals surface area (Å²) in [5.41, 5.74) is 1.91. The normalized spacial score (nSPS) is 46.6. The Balaban J connectivity index is 1.87. The second-order valence-corrected chi connectivity index (χ2v) is 5.98. The van der Waals surface area contributed by atoms with Gasteiger partial charge in [0.2, 0.25) is 0 Å². The van der Waals surface area contributed by atoms with Gasteiger partial charge in [-0.2, -0.15) is 0 Å². The molecule has 2 aliphatic heterocycles. The number of carbonyl (C=O) groups is 1. The quantitative estimate of drug-likeness (QED) is 0.286. The van der Waals surface area contributed by atoms with Crippen molar-refractivity contribution in [2.75, 3.05) is 0 Å². The lowest BCUT2D eigenvalue weighted by atomic mass is 9.84. The predicted octanol–water partition coefficient (Wildman–Crippen LogP) is 2.76. The van der Waals surface area contributed by atoms with Gasteiger partial charge < -0.3 is 9.47 Å². The van der Waals surface area contributed by atoms with Crippen LogP contribution in [0.1, 0.15) is 39.5 Å². The zero-order chi connectivity index (χ0) is 12.9. The van der Waals surface area contributed by atoms with Crippen LogP contribution in [-0.2, 0) is 14.3 Å². The second-order valence-electron chi connectivity index (χ2n) is 5.98. The van der Waals surface area contributed by atoms with Gasteiger partial charge in [-0.15, -0.1) is 0 Å². The molecule has 3 heteroatoms. The monoisotopic (exact) mass is 248 g/mol. The summed E-state index contributed by atoms with van der Waals surface area (Å²) in [7, 11) is 0. The summed E-state index contributed by atoms with van der Waals surface area (Å²) in [4.78, 5) is 11.7. The highest BCUT2D eigenvalue weighted by Crippen LogP contribution is 2.49. The first-order valence-corrected chi connectivity index (χ1v) is 6.74. The van der Waals surface area contributed by atoms with Crippen LogP contribution in [-0.4, -0.2) is 23.8 Å². The number of allylic oxidation sites excluding steroid dienone is 2. The molecule has 0 aromatic heterocycles. The van der Waals surface area contributed by atoms with Crippen LogP contribution >= 0.6 is 0 Å². The molecule has 2 heterocycles. The van der Waals surface area contributed by atoms with E-state index in [1.165, 1.54) is 5.57 Å². The molecule has 1 unspecified atom stereocenters. The number of carbonyl (C=O) groups excluding carboxylic acids is 1. The van der Waals surface area contributed by atoms with E-state index < -0.39 is 0 Å². The van der Waals surface area contributed by atoms with Crippen LogP contribution in [0.2, 0.25) is 0 Å². The largest absolute Gasteiger partial charge is 0.455 e. The molecule has 18 heavy (non-hydrogen) atoms. The minimum Gasteiger partial charge on any atom is -0.455 e. The molecule has 4 atom stereocenters. The fourth-order valence-corrected chi connectivity index (χ4v) is 3.20. The van der Waals surface area contributed by atoms with Crippen LogP contribution < -0.4 is 0 Å². The third-order valence-electron chi connectivity index (χ3n) is 4.57. The predicted molar refractivity (Wildman–Crippen MR) is 68.0 cm³/mol. The number of rotatable bonds is 0. The van der Waals surface area contributed by atoms with E-state index >= 15 is 0 Å². The number of ether oxygens (including phenoxy) is 2. The number of hydrogen-bond acceptors (Lipinski definition) is 3. The number of epoxide rings is 1. The van der Waals surface area contributed by atoms with Gasteiger partial charge in [-0.25, -0.2) is 4.79 Å². The summed E-state index contributed by atoms with van der Waals surface area (Å²) >= 11 is 0. The van der Waals surface area contributed by atoms with E-state index in [1.54, 1.807) is 0 Å². The minimum atomic E-state index is -0.233. The van der Waals surface area contributed by atoms with Crippen molar-refractivity contribution in [1.29, 1.82) is 0 Å². The van der Waals surface area contributed by atoms with Gasteiger partial charge in [-0.3, -0.25) is 0 Å². The maximum absolute atomic E-state index is 11.7. The molecular formula is C15H20O3. The van der Waals surface area contributed by atoms with E-state index in [9.17, 15) is 4.79 Å². The van der Waals surface area contributed by atoms with E-state index in [2.05, 4.69) is 26.5 Å². The van der Waals surface area contributed by atoms with Crippen molar-refractivity contribution in [3.63, 3.8) is 0 Å². The van der Waals surface area contributed by atoms with Gasteiger partial charge in [-0.1, -0.05) is 18.2 Å². The van der Waals surface area contributed by atoms with E-state index in [1.807, 2.05) is 0 Å². The van der Waals surface area contributed by atoms with Crippen molar-refractivity contribution >= 4 is 5.97 Å². The smallest absolute Gasteiger partial charge is 0.334 e. The van der Waals surface area contributed by atoms with E-state index in [4.69, 9.17) is 9.47 Å². The molecule has 2 fully saturated rings. The first-order valence-electron chi connectivity index (χ1n) is 6.74. The van der Waals surface area contributed by atoms with Crippen LogP contribution in [0.3, 0.4) is 0 Å². The van der Waals surface area contributed by atoms with Crippen molar-refractivity contribution in [3.05, 3.63) is 23.8 Å². The Bertz CT molecular complexity index is 437. The molecule has 98 valence electrons. The summed E-state index contributed by atoms with van der Waals surface area (Å²) in [6, 6.07) is 0. The highest BCUT2D eigenvalue weighted by Gasteiger charge is 2.61. The molecule has 3 aliphatic rings. The third-order valence-corrected chi connectivity index (χ3v) is 4.57. The van der Waals surface area contributed by atoms with Crippen molar-refractivity contribution in [2.45, 2.75) is 57.3 Å². The van der Waals surface area contributed by atoms with Crippen molar-refractivity contribution in [2.24, 2.45) is 5.92 Å². The fourth-order valence-electron chi connectivity index (χ4n) is 3.20. The number of fused-ring (bicyclic) bond motifs is 3. The second kappa shape index (κ2) is 3.95. The Morgan fingerprint density at radius 3 is 3.06 bits per heavy atom. The highest BCUT2D eigenvalue weighted by molar-refractivity contribution is 5.91. The van der Waals surface area contributed by atoms with Crippen LogP contribution in [0, 0.1) is 5.92 Å². The average Bonchev–Trinajstić information content (AvgIpc) is 2.90. The van der Waals surface area contributed by atoms with E-state index in [-0.39, 0.29) is 29.7 Å². The Hall–Kier alpha value is -1.09. The lowest BCUT2D eigenvalue weighted by molar-refractivity contribution is -0.140. The van der Waals surface area contributed by atoms with Gasteiger partial charge in [0, 0.05) is 11.5 Å². The van der Waals surface area contributed by atoms with Gasteiger partial charge in [0.05, 0.1) is 5.60 Å². The Kier molecular flexibility index (Phi) is 2.63. The van der Waals surface area contributed by atoms with Crippen LogP contribution in [0.5, 0.6) is 0 Å². The van der Waals surface area contributed by atoms with Gasteiger partial charge in [0.25, 0.3) is 0 Å². The summed E-state index contributed by atoms with van der Waals surface area (Å²) in [6.45, 7) is 8.17. The molecule has 0 spiro atoms. The lowest BCUT2D eigenvalue weighted by Gasteiger charge is -2.19. The Labute approximate surface area is 108 Å². The maximum atomic E-state index is 11.7. The third kappa shape index (κ3) is 1.81. The first-order chi connectivity index (χ1) is 8.51. The number of hydrogen-bond donors (Lipinski definition) is 0. The first kappa shape index (κ1) is 12.0. The molecule has 1 aliphatic carbocycles. The van der Waals surface area contributed by atoms with Gasteiger partial charge in [-0.05, 0) is 39.5 Å². The van der Waals surface area contributed by atoms with Crippen LogP contribution in [0.15, 0.2) is 23.8 Å². The molecule has 0 N–H and O–H groups in total. The molecular weight excluding hydrogens is 228 g/mol. The summed E-state index contributed by atoms with van der Waals surface area (Å²) in [5.74, 6) is -0.102. The van der Waals surface area contributed by atoms with E-state index in [0.29, 0.717) is 5.57 Å². The molecule has 0 aromatic carbocycles. The highest BCUT2D eigenvalue weighted by atomic mass is 16.6. The summed E-state index contributed by atoms with van der Waals surface area (Å²) in [5, 5.41) is 0. The SMILES string of the molecule is C=C1C(=O)O[C@H]2C1CC/C(C)=C/CC[C@@]1(C)O[C@H]21. The van der Waals surface area contributed by atoms with Crippen molar-refractivity contribution in [3.8, 4) is 0 Å². The molecule has 0 amide bonds. The topological polar surface area (TPSA) is 38.8 Å². The zero-order valence-electron chi connectivity index (χ0n) is 11.1. The molecule has 0 saturated carbocycles. The van der Waals surface area contributed by atoms with Gasteiger partial charge in [0.1, 0.15) is 12.2 Å². The van der Waals surface area contributed by atoms with Crippen molar-refractivity contribution < 1.29 is 14.3 Å². The molecule has 3 nitrogen and oxygen atoms in total. The zero-order valence-corrected chi connectivity index (χ0v) is 11.1. The van der Waals surface area contributed by atoms with Gasteiger partial charge >= 0.3 is 5.97 Å². The average molecular weight is 248 g/mol. The lowest BCUT2D eigenvalue weighted by Crippen LogP contribution is -2.28. The molecule has 3 rings (SSSR count). The molecule has 0 aromatic rings. The van der Waals surface area contributed by atoms with Crippen LogP contribution in [0.25, 0.3) is 0 Å². The standard InChI is InChI=1S/C15H20O3/c1-9-5-4-8-15(3)13(18-15)12-11(7-6-9)10(2)14(16)17-12/h5,11-13H,2,4,6-8H2,1,3H3/b9-5+/t11?,12-,13+,15+/m0/s1. The Morgan fingerprint density at radius 2 is 2.28 bits per heavy atom. The van der Waals surface area contributed by atoms with Crippen LogP contribution in [0.4, 0.5) is 0 Å².